The molecule has 1 fully saturated rings. The number of para-hydroxylation sites is 1. The Balaban J connectivity index is 1.53. The molecule has 0 bridgehead atoms. The number of fused-ring (bicyclic) bond motifs is 1. The van der Waals surface area contributed by atoms with Crippen LogP contribution in [0.3, 0.4) is 0 Å². The van der Waals surface area contributed by atoms with E-state index in [2.05, 4.69) is 4.98 Å². The molecule has 3 aromatic rings. The van der Waals surface area contributed by atoms with Gasteiger partial charge in [-0.15, -0.1) is 0 Å². The molecule has 1 aliphatic rings. The number of carbonyl (C=O) groups is 1. The summed E-state index contributed by atoms with van der Waals surface area (Å²) < 4.78 is 7.87. The van der Waals surface area contributed by atoms with Crippen LogP contribution in [0.25, 0.3) is 5.65 Å². The van der Waals surface area contributed by atoms with E-state index in [0.717, 1.165) is 37.3 Å². The van der Waals surface area contributed by atoms with Crippen molar-refractivity contribution in [3.05, 3.63) is 66.1 Å². The molecule has 0 N–H and O–H groups in total. The number of ether oxygens (including phenoxy) is 1. The Morgan fingerprint density at radius 3 is 2.71 bits per heavy atom. The van der Waals surface area contributed by atoms with E-state index in [9.17, 15) is 4.79 Å². The quantitative estimate of drug-likeness (QED) is 0.741. The van der Waals surface area contributed by atoms with Crippen LogP contribution in [0, 0.1) is 0 Å². The van der Waals surface area contributed by atoms with Gasteiger partial charge in [-0.05, 0) is 37.1 Å². The lowest BCUT2D eigenvalue weighted by molar-refractivity contribution is 0.0788. The number of nitrogens with zero attached hydrogens (tertiary/aromatic N) is 3. The standard InChI is InChI=1S/C19H19N3O2/c23-19(21-10-5-6-11-21)16-7-1-2-8-17(16)24-14-15-13-22-12-4-3-9-18(22)20-15/h1-4,7-9,12-13H,5-6,10-11,14H2. The van der Waals surface area contributed by atoms with Crippen LogP contribution in [0.1, 0.15) is 28.9 Å². The number of likely N-dealkylation sites (tertiary alicyclic amines) is 1. The fourth-order valence-electron chi connectivity index (χ4n) is 3.07. The first-order chi connectivity index (χ1) is 11.8. The summed E-state index contributed by atoms with van der Waals surface area (Å²) in [5.74, 6) is 0.671. The smallest absolute Gasteiger partial charge is 0.257 e. The second-order valence-electron chi connectivity index (χ2n) is 5.98. The van der Waals surface area contributed by atoms with Crippen LogP contribution in [-0.4, -0.2) is 33.3 Å². The maximum absolute atomic E-state index is 12.6. The van der Waals surface area contributed by atoms with Crippen molar-refractivity contribution in [1.29, 1.82) is 0 Å². The molecule has 24 heavy (non-hydrogen) atoms. The van der Waals surface area contributed by atoms with E-state index < -0.39 is 0 Å². The maximum atomic E-state index is 12.6. The number of pyridine rings is 1. The number of hydrogen-bond acceptors (Lipinski definition) is 3. The molecule has 0 unspecified atom stereocenters. The largest absolute Gasteiger partial charge is 0.486 e. The summed E-state index contributed by atoms with van der Waals surface area (Å²) in [5.41, 5.74) is 2.35. The van der Waals surface area contributed by atoms with Crippen LogP contribution in [0.2, 0.25) is 0 Å². The molecule has 5 heteroatoms. The average molecular weight is 321 g/mol. The summed E-state index contributed by atoms with van der Waals surface area (Å²) in [6.07, 6.45) is 6.06. The van der Waals surface area contributed by atoms with Crippen LogP contribution in [0.15, 0.2) is 54.9 Å². The number of benzene rings is 1. The van der Waals surface area contributed by atoms with Crippen LogP contribution in [0.4, 0.5) is 0 Å². The minimum Gasteiger partial charge on any atom is -0.486 e. The van der Waals surface area contributed by atoms with Crippen molar-refractivity contribution in [1.82, 2.24) is 14.3 Å². The molecule has 1 aliphatic heterocycles. The Morgan fingerprint density at radius 2 is 1.88 bits per heavy atom. The van der Waals surface area contributed by atoms with Crippen molar-refractivity contribution < 1.29 is 9.53 Å². The monoisotopic (exact) mass is 321 g/mol. The maximum Gasteiger partial charge on any atom is 0.257 e. The van der Waals surface area contributed by atoms with Gasteiger partial charge in [0, 0.05) is 25.5 Å². The highest BCUT2D eigenvalue weighted by Gasteiger charge is 2.22. The van der Waals surface area contributed by atoms with E-state index in [1.807, 2.05) is 64.2 Å². The van der Waals surface area contributed by atoms with Gasteiger partial charge in [-0.3, -0.25) is 4.79 Å². The Kier molecular flexibility index (Phi) is 3.91. The van der Waals surface area contributed by atoms with E-state index in [-0.39, 0.29) is 5.91 Å². The van der Waals surface area contributed by atoms with Gasteiger partial charge in [0.05, 0.1) is 11.3 Å². The molecule has 0 spiro atoms. The summed E-state index contributed by atoms with van der Waals surface area (Å²) in [4.78, 5) is 19.1. The third kappa shape index (κ3) is 2.85. The van der Waals surface area contributed by atoms with Gasteiger partial charge >= 0.3 is 0 Å². The molecular formula is C19H19N3O2. The van der Waals surface area contributed by atoms with Gasteiger partial charge in [0.1, 0.15) is 18.0 Å². The van der Waals surface area contributed by atoms with Crippen LogP contribution < -0.4 is 4.74 Å². The summed E-state index contributed by atoms with van der Waals surface area (Å²) >= 11 is 0. The molecular weight excluding hydrogens is 302 g/mol. The van der Waals surface area contributed by atoms with E-state index in [1.165, 1.54) is 0 Å². The molecule has 3 heterocycles. The summed E-state index contributed by atoms with van der Waals surface area (Å²) in [7, 11) is 0. The fraction of sp³-hybridized carbons (Fsp3) is 0.263. The summed E-state index contributed by atoms with van der Waals surface area (Å²) in [6, 6.07) is 13.3. The number of amides is 1. The third-order valence-electron chi connectivity index (χ3n) is 4.30. The number of hydrogen-bond donors (Lipinski definition) is 0. The van der Waals surface area contributed by atoms with E-state index in [1.54, 1.807) is 0 Å². The molecule has 0 radical (unpaired) electrons. The van der Waals surface area contributed by atoms with Gasteiger partial charge in [-0.2, -0.15) is 0 Å². The first-order valence-corrected chi connectivity index (χ1v) is 8.25. The second-order valence-corrected chi connectivity index (χ2v) is 5.98. The zero-order valence-corrected chi connectivity index (χ0v) is 13.4. The van der Waals surface area contributed by atoms with Crippen LogP contribution in [-0.2, 0) is 6.61 Å². The van der Waals surface area contributed by atoms with Gasteiger partial charge < -0.3 is 14.0 Å². The highest BCUT2D eigenvalue weighted by molar-refractivity contribution is 5.97. The van der Waals surface area contributed by atoms with Crippen molar-refractivity contribution in [2.75, 3.05) is 13.1 Å². The zero-order chi connectivity index (χ0) is 16.4. The molecule has 0 saturated carbocycles. The van der Waals surface area contributed by atoms with Gasteiger partial charge in [0.15, 0.2) is 0 Å². The van der Waals surface area contributed by atoms with Crippen LogP contribution in [0.5, 0.6) is 5.75 Å². The van der Waals surface area contributed by atoms with Crippen LogP contribution >= 0.6 is 0 Å². The Morgan fingerprint density at radius 1 is 1.08 bits per heavy atom. The van der Waals surface area contributed by atoms with Gasteiger partial charge in [-0.1, -0.05) is 18.2 Å². The second kappa shape index (κ2) is 6.35. The Bertz CT molecular complexity index is 833. The van der Waals surface area contributed by atoms with Crippen molar-refractivity contribution in [3.63, 3.8) is 0 Å². The highest BCUT2D eigenvalue weighted by Crippen LogP contribution is 2.23. The average Bonchev–Trinajstić information content (AvgIpc) is 3.28. The van der Waals surface area contributed by atoms with E-state index >= 15 is 0 Å². The van der Waals surface area contributed by atoms with Crippen molar-refractivity contribution in [3.8, 4) is 5.75 Å². The molecule has 1 aromatic carbocycles. The normalized spacial score (nSPS) is 14.2. The molecule has 1 amide bonds. The summed E-state index contributed by atoms with van der Waals surface area (Å²) in [5, 5.41) is 0. The van der Waals surface area contributed by atoms with Gasteiger partial charge in [-0.25, -0.2) is 4.98 Å². The number of aromatic nitrogens is 2. The lowest BCUT2D eigenvalue weighted by atomic mass is 10.2. The van der Waals surface area contributed by atoms with Gasteiger partial charge in [0.2, 0.25) is 0 Å². The minimum absolute atomic E-state index is 0.0538. The van der Waals surface area contributed by atoms with E-state index in [0.29, 0.717) is 17.9 Å². The minimum atomic E-state index is 0.0538. The van der Waals surface area contributed by atoms with Crippen molar-refractivity contribution in [2.24, 2.45) is 0 Å². The van der Waals surface area contributed by atoms with Gasteiger partial charge in [0.25, 0.3) is 5.91 Å². The lowest BCUT2D eigenvalue weighted by Crippen LogP contribution is -2.28. The molecule has 4 rings (SSSR count). The molecule has 2 aromatic heterocycles. The molecule has 122 valence electrons. The fourth-order valence-corrected chi connectivity index (χ4v) is 3.07. The molecule has 5 nitrogen and oxygen atoms in total. The predicted molar refractivity (Wildman–Crippen MR) is 91.1 cm³/mol. The zero-order valence-electron chi connectivity index (χ0n) is 13.4. The highest BCUT2D eigenvalue weighted by atomic mass is 16.5. The molecule has 0 atom stereocenters. The van der Waals surface area contributed by atoms with Crippen molar-refractivity contribution in [2.45, 2.75) is 19.4 Å². The lowest BCUT2D eigenvalue weighted by Gasteiger charge is -2.17. The number of imidazole rings is 1. The SMILES string of the molecule is O=C(c1ccccc1OCc1cn2ccccc2n1)N1CCCC1. The molecule has 1 saturated heterocycles. The first kappa shape index (κ1) is 14.8. The van der Waals surface area contributed by atoms with E-state index in [4.69, 9.17) is 4.74 Å². The Hall–Kier alpha value is -2.82. The van der Waals surface area contributed by atoms with Crippen molar-refractivity contribution >= 4 is 11.6 Å². The summed E-state index contributed by atoms with van der Waals surface area (Å²) in [6.45, 7) is 2.01. The molecule has 0 aliphatic carbocycles. The Labute approximate surface area is 140 Å². The number of rotatable bonds is 4. The predicted octanol–water partition coefficient (Wildman–Crippen LogP) is 3.15. The number of carbonyl (C=O) groups excluding carboxylic acids is 1. The topological polar surface area (TPSA) is 46.8 Å². The first-order valence-electron chi connectivity index (χ1n) is 8.25. The third-order valence-corrected chi connectivity index (χ3v) is 4.30.